The lowest BCUT2D eigenvalue weighted by Gasteiger charge is -2.31. The van der Waals surface area contributed by atoms with Crippen molar-refractivity contribution in [2.24, 2.45) is 0 Å². The molecule has 112 valence electrons. The van der Waals surface area contributed by atoms with Crippen molar-refractivity contribution < 1.29 is 10.2 Å². The van der Waals surface area contributed by atoms with Crippen LogP contribution >= 0.6 is 34.8 Å². The quantitative estimate of drug-likeness (QED) is 0.856. The van der Waals surface area contributed by atoms with E-state index >= 15 is 0 Å². The molecule has 2 aromatic rings. The van der Waals surface area contributed by atoms with E-state index in [-0.39, 0.29) is 13.2 Å². The molecule has 5 heteroatoms. The van der Waals surface area contributed by atoms with Crippen molar-refractivity contribution in [2.75, 3.05) is 13.2 Å². The topological polar surface area (TPSA) is 40.5 Å². The maximum Gasteiger partial charge on any atom is 0.0624 e. The second-order valence-corrected chi connectivity index (χ2v) is 6.21. The van der Waals surface area contributed by atoms with Crippen LogP contribution in [0.4, 0.5) is 0 Å². The van der Waals surface area contributed by atoms with Gasteiger partial charge < -0.3 is 10.2 Å². The summed E-state index contributed by atoms with van der Waals surface area (Å²) < 4.78 is 0. The fourth-order valence-electron chi connectivity index (χ4n) is 2.30. The fraction of sp³-hybridized carbons (Fsp3) is 0.250. The summed E-state index contributed by atoms with van der Waals surface area (Å²) in [6, 6.07) is 12.4. The van der Waals surface area contributed by atoms with E-state index in [9.17, 15) is 10.2 Å². The van der Waals surface area contributed by atoms with E-state index in [0.717, 1.165) is 11.1 Å². The molecule has 0 radical (unpaired) electrons. The van der Waals surface area contributed by atoms with Crippen molar-refractivity contribution in [1.82, 2.24) is 0 Å². The van der Waals surface area contributed by atoms with Crippen LogP contribution in [0.25, 0.3) is 0 Å². The Morgan fingerprint density at radius 1 is 0.857 bits per heavy atom. The minimum Gasteiger partial charge on any atom is -0.395 e. The van der Waals surface area contributed by atoms with E-state index in [1.165, 1.54) is 0 Å². The fourth-order valence-corrected chi connectivity index (χ4v) is 2.81. The van der Waals surface area contributed by atoms with Gasteiger partial charge >= 0.3 is 0 Å². The number of rotatable bonds is 5. The zero-order valence-corrected chi connectivity index (χ0v) is 13.5. The van der Waals surface area contributed by atoms with Gasteiger partial charge in [-0.15, -0.1) is 0 Å². The van der Waals surface area contributed by atoms with E-state index in [1.54, 1.807) is 36.4 Å². The van der Waals surface area contributed by atoms with Gasteiger partial charge in [-0.25, -0.2) is 0 Å². The van der Waals surface area contributed by atoms with Gasteiger partial charge in [0.15, 0.2) is 0 Å². The Labute approximate surface area is 138 Å². The summed E-state index contributed by atoms with van der Waals surface area (Å²) in [6.07, 6.45) is 0.376. The lowest BCUT2D eigenvalue weighted by Crippen LogP contribution is -2.37. The van der Waals surface area contributed by atoms with Crippen molar-refractivity contribution in [3.05, 3.63) is 68.7 Å². The Bertz CT molecular complexity index is 607. The molecular weight excluding hydrogens is 331 g/mol. The normalized spacial score (nSPS) is 11.7. The van der Waals surface area contributed by atoms with Crippen LogP contribution in [0.1, 0.15) is 11.1 Å². The van der Waals surface area contributed by atoms with Gasteiger partial charge in [0.1, 0.15) is 0 Å². The summed E-state index contributed by atoms with van der Waals surface area (Å²) in [5.41, 5.74) is 0.744. The second kappa shape index (κ2) is 6.99. The molecule has 2 rings (SSSR count). The minimum atomic E-state index is -0.834. The lowest BCUT2D eigenvalue weighted by molar-refractivity contribution is 0.116. The van der Waals surface area contributed by atoms with Crippen molar-refractivity contribution in [3.63, 3.8) is 0 Å². The first-order valence-electron chi connectivity index (χ1n) is 6.43. The monoisotopic (exact) mass is 344 g/mol. The standard InChI is InChI=1S/C16H15Cl3O2/c17-13-6-4-12(5-7-13)16(9-20,10-21)8-11-2-1-3-14(18)15(11)19/h1-7,20-21H,8-10H2. The van der Waals surface area contributed by atoms with Crippen LogP contribution in [0.5, 0.6) is 0 Å². The number of hydrogen-bond acceptors (Lipinski definition) is 2. The van der Waals surface area contributed by atoms with Gasteiger partial charge in [-0.05, 0) is 35.7 Å². The molecule has 0 unspecified atom stereocenters. The lowest BCUT2D eigenvalue weighted by atomic mass is 9.77. The average Bonchev–Trinajstić information content (AvgIpc) is 2.50. The van der Waals surface area contributed by atoms with Crippen LogP contribution in [-0.2, 0) is 11.8 Å². The summed E-state index contributed by atoms with van der Waals surface area (Å²) in [4.78, 5) is 0. The number of benzene rings is 2. The third-order valence-electron chi connectivity index (χ3n) is 3.62. The highest BCUT2D eigenvalue weighted by atomic mass is 35.5. The average molecular weight is 346 g/mol. The molecule has 2 aromatic carbocycles. The molecule has 0 aliphatic rings. The molecule has 21 heavy (non-hydrogen) atoms. The Balaban J connectivity index is 2.43. The van der Waals surface area contributed by atoms with E-state index in [0.29, 0.717) is 21.5 Å². The Morgan fingerprint density at radius 3 is 2.05 bits per heavy atom. The van der Waals surface area contributed by atoms with E-state index in [4.69, 9.17) is 34.8 Å². The molecule has 2 nitrogen and oxygen atoms in total. The molecule has 0 saturated carbocycles. The van der Waals surface area contributed by atoms with E-state index in [1.807, 2.05) is 6.07 Å². The third kappa shape index (κ3) is 3.53. The van der Waals surface area contributed by atoms with Gasteiger partial charge in [0.05, 0.1) is 23.3 Å². The Kier molecular flexibility index (Phi) is 5.53. The molecule has 0 fully saturated rings. The molecule has 0 heterocycles. The van der Waals surface area contributed by atoms with Crippen LogP contribution in [0.2, 0.25) is 15.1 Å². The summed E-state index contributed by atoms with van der Waals surface area (Å²) in [7, 11) is 0. The number of halogens is 3. The Hall–Kier alpha value is -0.770. The van der Waals surface area contributed by atoms with Crippen LogP contribution in [0.3, 0.4) is 0 Å². The molecular formula is C16H15Cl3O2. The van der Waals surface area contributed by atoms with Crippen molar-refractivity contribution in [1.29, 1.82) is 0 Å². The minimum absolute atomic E-state index is 0.214. The van der Waals surface area contributed by atoms with Crippen LogP contribution in [-0.4, -0.2) is 23.4 Å². The van der Waals surface area contributed by atoms with Crippen molar-refractivity contribution in [2.45, 2.75) is 11.8 Å². The maximum atomic E-state index is 9.85. The second-order valence-electron chi connectivity index (χ2n) is 4.99. The number of hydrogen-bond donors (Lipinski definition) is 2. The van der Waals surface area contributed by atoms with E-state index in [2.05, 4.69) is 0 Å². The molecule has 0 spiro atoms. The van der Waals surface area contributed by atoms with Crippen molar-refractivity contribution >= 4 is 34.8 Å². The van der Waals surface area contributed by atoms with Gasteiger partial charge in [-0.3, -0.25) is 0 Å². The molecule has 0 aliphatic carbocycles. The van der Waals surface area contributed by atoms with Gasteiger partial charge in [0, 0.05) is 10.4 Å². The SMILES string of the molecule is OCC(CO)(Cc1cccc(Cl)c1Cl)c1ccc(Cl)cc1. The molecule has 2 N–H and O–H groups in total. The zero-order valence-electron chi connectivity index (χ0n) is 11.2. The van der Waals surface area contributed by atoms with Gasteiger partial charge in [-0.2, -0.15) is 0 Å². The van der Waals surface area contributed by atoms with Crippen LogP contribution in [0, 0.1) is 0 Å². The molecule has 0 aliphatic heterocycles. The third-order valence-corrected chi connectivity index (χ3v) is 4.73. The van der Waals surface area contributed by atoms with E-state index < -0.39 is 5.41 Å². The summed E-state index contributed by atoms with van der Waals surface area (Å²) in [6.45, 7) is -0.429. The van der Waals surface area contributed by atoms with Gasteiger partial charge in [0.2, 0.25) is 0 Å². The first kappa shape index (κ1) is 16.6. The molecule has 0 atom stereocenters. The molecule has 0 amide bonds. The summed E-state index contributed by atoms with van der Waals surface area (Å²) in [5, 5.41) is 21.2. The van der Waals surface area contributed by atoms with Crippen molar-refractivity contribution in [3.8, 4) is 0 Å². The first-order valence-corrected chi connectivity index (χ1v) is 7.56. The first-order chi connectivity index (χ1) is 10.0. The number of aliphatic hydroxyl groups is 2. The Morgan fingerprint density at radius 2 is 1.48 bits per heavy atom. The summed E-state index contributed by atoms with van der Waals surface area (Å²) >= 11 is 18.1. The van der Waals surface area contributed by atoms with Crippen LogP contribution in [0.15, 0.2) is 42.5 Å². The predicted octanol–water partition coefficient (Wildman–Crippen LogP) is 4.11. The highest BCUT2D eigenvalue weighted by Gasteiger charge is 2.32. The smallest absolute Gasteiger partial charge is 0.0624 e. The maximum absolute atomic E-state index is 9.85. The summed E-state index contributed by atoms with van der Waals surface area (Å²) in [5.74, 6) is 0. The highest BCUT2D eigenvalue weighted by Crippen LogP contribution is 2.34. The molecule has 0 aromatic heterocycles. The van der Waals surface area contributed by atoms with Gasteiger partial charge in [0.25, 0.3) is 0 Å². The van der Waals surface area contributed by atoms with Gasteiger partial charge in [-0.1, -0.05) is 59.1 Å². The largest absolute Gasteiger partial charge is 0.395 e. The highest BCUT2D eigenvalue weighted by molar-refractivity contribution is 6.42. The zero-order chi connectivity index (χ0) is 15.5. The number of aliphatic hydroxyl groups excluding tert-OH is 2. The predicted molar refractivity (Wildman–Crippen MR) is 87.5 cm³/mol. The molecule has 0 bridgehead atoms. The van der Waals surface area contributed by atoms with Crippen LogP contribution < -0.4 is 0 Å². The molecule has 0 saturated heterocycles.